The predicted octanol–water partition coefficient (Wildman–Crippen LogP) is 4.93. The first-order valence-electron chi connectivity index (χ1n) is 9.98. The van der Waals surface area contributed by atoms with Gasteiger partial charge in [0, 0.05) is 31.0 Å². The highest BCUT2D eigenvalue weighted by Gasteiger charge is 2.19. The second-order valence-corrected chi connectivity index (χ2v) is 6.19. The number of ether oxygens (including phenoxy) is 1. The zero-order chi connectivity index (χ0) is 20.1. The molecular weight excluding hydrogens is 341 g/mol. The van der Waals surface area contributed by atoms with E-state index >= 15 is 0 Å². The van der Waals surface area contributed by atoms with Crippen molar-refractivity contribution in [2.75, 3.05) is 20.2 Å². The van der Waals surface area contributed by atoms with Gasteiger partial charge >= 0.3 is 0 Å². The second-order valence-electron chi connectivity index (χ2n) is 6.19. The molecule has 1 fully saturated rings. The molecule has 2 N–H and O–H groups in total. The minimum atomic E-state index is -0.228. The van der Waals surface area contributed by atoms with Gasteiger partial charge in [-0.2, -0.15) is 0 Å². The Labute approximate surface area is 163 Å². The molecule has 4 nitrogen and oxygen atoms in total. The highest BCUT2D eigenvalue weighted by molar-refractivity contribution is 5.94. The predicted molar refractivity (Wildman–Crippen MR) is 113 cm³/mol. The molecule has 1 aromatic rings. The molecule has 0 unspecified atom stereocenters. The highest BCUT2D eigenvalue weighted by atomic mass is 19.1. The van der Waals surface area contributed by atoms with Gasteiger partial charge in [-0.05, 0) is 55.8 Å². The van der Waals surface area contributed by atoms with Crippen molar-refractivity contribution >= 4 is 12.1 Å². The van der Waals surface area contributed by atoms with Crippen LogP contribution < -0.4 is 5.73 Å². The molecule has 0 heterocycles. The molecule has 27 heavy (non-hydrogen) atoms. The van der Waals surface area contributed by atoms with E-state index in [4.69, 9.17) is 10.5 Å². The highest BCUT2D eigenvalue weighted by Crippen LogP contribution is 2.27. The van der Waals surface area contributed by atoms with Gasteiger partial charge in [0.05, 0.1) is 6.61 Å². The first-order chi connectivity index (χ1) is 13.2. The van der Waals surface area contributed by atoms with E-state index in [2.05, 4.69) is 16.9 Å². The maximum absolute atomic E-state index is 13.3. The van der Waals surface area contributed by atoms with Crippen LogP contribution in [0.5, 0.6) is 0 Å². The van der Waals surface area contributed by atoms with Gasteiger partial charge in [-0.3, -0.25) is 9.98 Å². The molecule has 0 atom stereocenters. The van der Waals surface area contributed by atoms with E-state index in [0.717, 1.165) is 23.3 Å². The zero-order valence-electron chi connectivity index (χ0n) is 17.2. The van der Waals surface area contributed by atoms with E-state index < -0.39 is 0 Å². The minimum absolute atomic E-state index is 0.228. The third-order valence-electron chi connectivity index (χ3n) is 4.12. The van der Waals surface area contributed by atoms with Crippen molar-refractivity contribution in [3.63, 3.8) is 0 Å². The molecule has 1 saturated carbocycles. The van der Waals surface area contributed by atoms with Crippen LogP contribution in [-0.2, 0) is 11.2 Å². The maximum atomic E-state index is 13.3. The van der Waals surface area contributed by atoms with E-state index in [1.54, 1.807) is 13.1 Å². The van der Waals surface area contributed by atoms with Crippen LogP contribution >= 0.6 is 0 Å². The van der Waals surface area contributed by atoms with Gasteiger partial charge in [-0.15, -0.1) is 0 Å². The molecule has 5 heteroatoms. The van der Waals surface area contributed by atoms with E-state index in [-0.39, 0.29) is 5.82 Å². The quantitative estimate of drug-likeness (QED) is 0.491. The summed E-state index contributed by atoms with van der Waals surface area (Å²) in [6.07, 6.45) is 6.61. The fourth-order valence-corrected chi connectivity index (χ4v) is 2.59. The molecule has 1 aliphatic rings. The molecular formula is C22H34FN3O. The van der Waals surface area contributed by atoms with Crippen LogP contribution in [0.2, 0.25) is 0 Å². The van der Waals surface area contributed by atoms with E-state index in [9.17, 15) is 4.39 Å². The lowest BCUT2D eigenvalue weighted by molar-refractivity contribution is 0.307. The van der Waals surface area contributed by atoms with Crippen LogP contribution in [0.4, 0.5) is 4.39 Å². The summed E-state index contributed by atoms with van der Waals surface area (Å²) in [6.45, 7) is 7.04. The fraction of sp³-hybridized carbons (Fsp3) is 0.545. The lowest BCUT2D eigenvalue weighted by Gasteiger charge is -2.14. The van der Waals surface area contributed by atoms with Crippen molar-refractivity contribution < 1.29 is 9.13 Å². The van der Waals surface area contributed by atoms with Crippen LogP contribution in [0.3, 0.4) is 0 Å². The third-order valence-corrected chi connectivity index (χ3v) is 4.12. The summed E-state index contributed by atoms with van der Waals surface area (Å²) < 4.78 is 19.1. The summed E-state index contributed by atoms with van der Waals surface area (Å²) in [5.41, 5.74) is 8.65. The Kier molecular flexibility index (Phi) is 11.3. The van der Waals surface area contributed by atoms with Crippen molar-refractivity contribution in [3.05, 3.63) is 46.9 Å². The summed E-state index contributed by atoms with van der Waals surface area (Å²) in [5, 5.41) is 0. The Bertz CT molecular complexity index is 649. The van der Waals surface area contributed by atoms with Crippen molar-refractivity contribution in [3.8, 4) is 0 Å². The summed E-state index contributed by atoms with van der Waals surface area (Å²) >= 11 is 0. The topological polar surface area (TPSA) is 60.0 Å². The zero-order valence-corrected chi connectivity index (χ0v) is 17.2. The van der Waals surface area contributed by atoms with Gasteiger partial charge in [0.1, 0.15) is 5.82 Å². The number of hydrogen-bond donors (Lipinski definition) is 1. The average molecular weight is 376 g/mol. The Hall–Kier alpha value is -2.01. The largest absolute Gasteiger partial charge is 0.477 e. The smallest absolute Gasteiger partial charge is 0.213 e. The number of allylic oxidation sites excluding steroid dienone is 1. The Morgan fingerprint density at radius 3 is 2.63 bits per heavy atom. The fourth-order valence-electron chi connectivity index (χ4n) is 2.59. The number of hydrogen-bond acceptors (Lipinski definition) is 4. The first kappa shape index (κ1) is 23.0. The molecule has 0 spiro atoms. The molecule has 0 radical (unpaired) electrons. The van der Waals surface area contributed by atoms with E-state index in [1.807, 2.05) is 26.1 Å². The standard InChI is InChI=1S/C20H28FN3O.C2H6/c1-3-19(24-14-16-7-8-16)18(9-11-22)20(23-2)25-12-10-15-5-4-6-17(21)13-15;1-2/h4-6,13-14,16H,3,7-12,22H2,1-2H3;1-2H3/b19-18-,23-20?,24-14?;. The molecule has 0 saturated heterocycles. The molecule has 1 aliphatic carbocycles. The van der Waals surface area contributed by atoms with E-state index in [1.165, 1.54) is 25.0 Å². The number of rotatable bonds is 9. The average Bonchev–Trinajstić information content (AvgIpc) is 3.51. The van der Waals surface area contributed by atoms with Gasteiger partial charge in [0.15, 0.2) is 0 Å². The number of aliphatic imine (C=N–C) groups is 2. The van der Waals surface area contributed by atoms with Gasteiger partial charge in [0.25, 0.3) is 0 Å². The van der Waals surface area contributed by atoms with Crippen LogP contribution in [0, 0.1) is 11.7 Å². The van der Waals surface area contributed by atoms with Crippen molar-refractivity contribution in [2.24, 2.45) is 21.6 Å². The number of nitrogens with two attached hydrogens (primary N) is 1. The summed E-state index contributed by atoms with van der Waals surface area (Å²) in [5.74, 6) is 0.983. The van der Waals surface area contributed by atoms with Gasteiger partial charge in [-0.1, -0.05) is 32.9 Å². The summed E-state index contributed by atoms with van der Waals surface area (Å²) in [6, 6.07) is 6.57. The molecule has 0 aliphatic heterocycles. The van der Waals surface area contributed by atoms with Gasteiger partial charge in [-0.25, -0.2) is 4.39 Å². The minimum Gasteiger partial charge on any atom is -0.477 e. The van der Waals surface area contributed by atoms with Gasteiger partial charge < -0.3 is 10.5 Å². The van der Waals surface area contributed by atoms with Crippen molar-refractivity contribution in [1.29, 1.82) is 0 Å². The SMILES string of the molecule is CC.CC/C(N=CC1CC1)=C(\CCN)C(=NC)OCCc1cccc(F)c1. The lowest BCUT2D eigenvalue weighted by Crippen LogP contribution is -2.16. The number of nitrogens with zero attached hydrogens (tertiary/aromatic N) is 2. The first-order valence-corrected chi connectivity index (χ1v) is 9.98. The van der Waals surface area contributed by atoms with Crippen LogP contribution in [0.15, 0.2) is 45.5 Å². The lowest BCUT2D eigenvalue weighted by atomic mass is 10.1. The maximum Gasteiger partial charge on any atom is 0.213 e. The van der Waals surface area contributed by atoms with Crippen molar-refractivity contribution in [1.82, 2.24) is 0 Å². The second kappa shape index (κ2) is 13.2. The van der Waals surface area contributed by atoms with E-state index in [0.29, 0.717) is 37.8 Å². The summed E-state index contributed by atoms with van der Waals surface area (Å²) in [4.78, 5) is 8.96. The third kappa shape index (κ3) is 8.48. The summed E-state index contributed by atoms with van der Waals surface area (Å²) in [7, 11) is 1.71. The molecule has 150 valence electrons. The van der Waals surface area contributed by atoms with Crippen LogP contribution in [-0.4, -0.2) is 32.3 Å². The Morgan fingerprint density at radius 2 is 2.07 bits per heavy atom. The Balaban J connectivity index is 0.00000176. The molecule has 1 aromatic carbocycles. The van der Waals surface area contributed by atoms with Crippen molar-refractivity contribution in [2.45, 2.75) is 52.9 Å². The molecule has 2 rings (SSSR count). The molecule has 0 aromatic heterocycles. The normalized spacial score (nSPS) is 15.3. The number of halogens is 1. The Morgan fingerprint density at radius 1 is 1.33 bits per heavy atom. The molecule has 0 amide bonds. The van der Waals surface area contributed by atoms with Crippen LogP contribution in [0.25, 0.3) is 0 Å². The number of benzene rings is 1. The monoisotopic (exact) mass is 375 g/mol. The van der Waals surface area contributed by atoms with Gasteiger partial charge in [0.2, 0.25) is 5.90 Å². The van der Waals surface area contributed by atoms with Crippen LogP contribution in [0.1, 0.15) is 52.0 Å². The molecule has 0 bridgehead atoms.